The van der Waals surface area contributed by atoms with Gasteiger partial charge in [0.1, 0.15) is 5.82 Å². The maximum absolute atomic E-state index is 10.8. The fraction of sp³-hybridized carbons (Fsp3) is 0.143. The molecule has 15 heavy (non-hydrogen) atoms. The highest BCUT2D eigenvalue weighted by molar-refractivity contribution is 5.95. The molecule has 1 unspecified atom stereocenters. The van der Waals surface area contributed by atoms with Crippen LogP contribution in [0, 0.1) is 11.3 Å². The summed E-state index contributed by atoms with van der Waals surface area (Å²) in [6.45, 7) is 0. The molecule has 1 aromatic rings. The number of rotatable bonds is 3. The molecule has 0 aliphatic carbocycles. The summed E-state index contributed by atoms with van der Waals surface area (Å²) >= 11 is 0. The molecule has 2 amide bonds. The number of nitrogens with zero attached hydrogens (tertiary/aromatic N) is 3. The van der Waals surface area contributed by atoms with Gasteiger partial charge in [0, 0.05) is 0 Å². The van der Waals surface area contributed by atoms with Crippen LogP contribution in [0.1, 0.15) is 16.5 Å². The second-order valence-corrected chi connectivity index (χ2v) is 2.68. The Labute approximate surface area is 84.3 Å². The number of nitrogens with two attached hydrogens (primary N) is 3. The van der Waals surface area contributed by atoms with E-state index < -0.39 is 17.9 Å². The Hall–Kier alpha value is -2.56. The second kappa shape index (κ2) is 3.67. The lowest BCUT2D eigenvalue weighted by Crippen LogP contribution is -2.26. The van der Waals surface area contributed by atoms with Crippen molar-refractivity contribution in [2.75, 3.05) is 5.73 Å². The van der Waals surface area contributed by atoms with Crippen LogP contribution < -0.4 is 17.2 Å². The third kappa shape index (κ3) is 1.71. The van der Waals surface area contributed by atoms with Gasteiger partial charge in [-0.15, -0.1) is 0 Å². The minimum Gasteiger partial charge on any atom is -0.383 e. The van der Waals surface area contributed by atoms with Gasteiger partial charge in [0.2, 0.25) is 6.04 Å². The van der Waals surface area contributed by atoms with Gasteiger partial charge in [-0.05, 0) is 0 Å². The molecule has 1 heterocycles. The molecule has 0 aromatic carbocycles. The SMILES string of the molecule is N#CC(C(N)=O)n1cnc(C(N)=O)c1N. The van der Waals surface area contributed by atoms with Crippen LogP contribution in [0.25, 0.3) is 0 Å². The van der Waals surface area contributed by atoms with E-state index in [-0.39, 0.29) is 11.5 Å². The van der Waals surface area contributed by atoms with Gasteiger partial charge in [0.15, 0.2) is 5.69 Å². The third-order valence-electron chi connectivity index (χ3n) is 1.74. The van der Waals surface area contributed by atoms with Gasteiger partial charge in [-0.25, -0.2) is 4.98 Å². The first-order valence-electron chi connectivity index (χ1n) is 3.80. The molecule has 0 radical (unpaired) electrons. The number of nitrogen functional groups attached to an aromatic ring is 1. The average molecular weight is 208 g/mol. The van der Waals surface area contributed by atoms with Gasteiger partial charge >= 0.3 is 0 Å². The highest BCUT2D eigenvalue weighted by Crippen LogP contribution is 2.15. The summed E-state index contributed by atoms with van der Waals surface area (Å²) in [5.41, 5.74) is 15.2. The molecular formula is C7H8N6O2. The van der Waals surface area contributed by atoms with E-state index in [0.717, 1.165) is 10.9 Å². The minimum atomic E-state index is -1.30. The first kappa shape index (κ1) is 10.5. The van der Waals surface area contributed by atoms with Gasteiger partial charge in [0.25, 0.3) is 11.8 Å². The van der Waals surface area contributed by atoms with Crippen molar-refractivity contribution in [2.24, 2.45) is 11.5 Å². The van der Waals surface area contributed by atoms with Crippen molar-refractivity contribution in [1.29, 1.82) is 5.26 Å². The van der Waals surface area contributed by atoms with E-state index >= 15 is 0 Å². The Bertz CT molecular complexity index is 457. The Morgan fingerprint density at radius 3 is 2.47 bits per heavy atom. The summed E-state index contributed by atoms with van der Waals surface area (Å²) in [4.78, 5) is 25.2. The zero-order chi connectivity index (χ0) is 11.6. The largest absolute Gasteiger partial charge is 0.383 e. The first-order valence-corrected chi connectivity index (χ1v) is 3.80. The number of amides is 2. The molecule has 0 aliphatic rings. The van der Waals surface area contributed by atoms with Crippen LogP contribution in [0.15, 0.2) is 6.33 Å². The number of hydrogen-bond acceptors (Lipinski definition) is 5. The number of nitriles is 1. The van der Waals surface area contributed by atoms with E-state index in [2.05, 4.69) is 4.98 Å². The van der Waals surface area contributed by atoms with E-state index in [0.29, 0.717) is 0 Å². The van der Waals surface area contributed by atoms with Gasteiger partial charge in [-0.2, -0.15) is 5.26 Å². The third-order valence-corrected chi connectivity index (χ3v) is 1.74. The molecule has 0 bridgehead atoms. The molecule has 0 saturated heterocycles. The lowest BCUT2D eigenvalue weighted by Gasteiger charge is -2.07. The minimum absolute atomic E-state index is 0.159. The molecule has 0 saturated carbocycles. The Morgan fingerprint density at radius 1 is 1.53 bits per heavy atom. The second-order valence-electron chi connectivity index (χ2n) is 2.68. The molecule has 8 nitrogen and oxygen atoms in total. The normalized spacial score (nSPS) is 11.7. The summed E-state index contributed by atoms with van der Waals surface area (Å²) in [5.74, 6) is -1.89. The van der Waals surface area contributed by atoms with Gasteiger partial charge < -0.3 is 17.2 Å². The molecule has 8 heteroatoms. The smallest absolute Gasteiger partial charge is 0.271 e. The number of primary amides is 2. The van der Waals surface area contributed by atoms with Crippen LogP contribution in [0.4, 0.5) is 5.82 Å². The Kier molecular flexibility index (Phi) is 2.57. The predicted molar refractivity (Wildman–Crippen MR) is 49.0 cm³/mol. The van der Waals surface area contributed by atoms with Gasteiger partial charge in [-0.3, -0.25) is 14.2 Å². The maximum Gasteiger partial charge on any atom is 0.271 e. The molecule has 1 aromatic heterocycles. The molecule has 6 N–H and O–H groups in total. The van der Waals surface area contributed by atoms with Crippen LogP contribution in [0.5, 0.6) is 0 Å². The number of aromatic nitrogens is 2. The van der Waals surface area contributed by atoms with E-state index in [1.54, 1.807) is 6.07 Å². The Morgan fingerprint density at radius 2 is 2.13 bits per heavy atom. The summed E-state index contributed by atoms with van der Waals surface area (Å²) in [7, 11) is 0. The molecular weight excluding hydrogens is 200 g/mol. The number of anilines is 1. The molecule has 0 fully saturated rings. The van der Waals surface area contributed by atoms with Crippen molar-refractivity contribution in [3.05, 3.63) is 12.0 Å². The predicted octanol–water partition coefficient (Wildman–Crippen LogP) is -1.89. The van der Waals surface area contributed by atoms with Crippen LogP contribution in [-0.2, 0) is 4.79 Å². The molecule has 1 rings (SSSR count). The number of imidazole rings is 1. The van der Waals surface area contributed by atoms with E-state index in [1.165, 1.54) is 0 Å². The molecule has 78 valence electrons. The van der Waals surface area contributed by atoms with Crippen molar-refractivity contribution < 1.29 is 9.59 Å². The molecule has 0 spiro atoms. The van der Waals surface area contributed by atoms with Crippen molar-refractivity contribution in [1.82, 2.24) is 9.55 Å². The summed E-state index contributed by atoms with van der Waals surface area (Å²) in [5, 5.41) is 8.65. The standard InChI is InChI=1S/C7H8N6O2/c8-1-3(6(10)14)13-2-12-4(5(13)9)7(11)15/h2-3H,9H2,(H2,10,14)(H2,11,15). The Balaban J connectivity index is 3.23. The monoisotopic (exact) mass is 208 g/mol. The topological polar surface area (TPSA) is 154 Å². The van der Waals surface area contributed by atoms with E-state index in [4.69, 9.17) is 22.5 Å². The van der Waals surface area contributed by atoms with Crippen LogP contribution in [0.3, 0.4) is 0 Å². The summed E-state index contributed by atoms with van der Waals surface area (Å²) in [6, 6.07) is 0.327. The lowest BCUT2D eigenvalue weighted by molar-refractivity contribution is -0.119. The maximum atomic E-state index is 10.8. The molecule has 1 atom stereocenters. The fourth-order valence-electron chi connectivity index (χ4n) is 1.03. The van der Waals surface area contributed by atoms with Crippen molar-refractivity contribution in [2.45, 2.75) is 6.04 Å². The first-order chi connectivity index (χ1) is 6.99. The number of hydrogen-bond donors (Lipinski definition) is 3. The average Bonchev–Trinajstić information content (AvgIpc) is 2.49. The highest BCUT2D eigenvalue weighted by atomic mass is 16.2. The van der Waals surface area contributed by atoms with Crippen molar-refractivity contribution in [3.63, 3.8) is 0 Å². The zero-order valence-corrected chi connectivity index (χ0v) is 7.54. The summed E-state index contributed by atoms with van der Waals surface area (Å²) in [6.07, 6.45) is 1.06. The summed E-state index contributed by atoms with van der Waals surface area (Å²) < 4.78 is 0.989. The van der Waals surface area contributed by atoms with Crippen molar-refractivity contribution in [3.8, 4) is 6.07 Å². The van der Waals surface area contributed by atoms with Crippen LogP contribution in [0.2, 0.25) is 0 Å². The van der Waals surface area contributed by atoms with Crippen molar-refractivity contribution >= 4 is 17.6 Å². The lowest BCUT2D eigenvalue weighted by atomic mass is 10.3. The highest BCUT2D eigenvalue weighted by Gasteiger charge is 2.22. The van der Waals surface area contributed by atoms with E-state index in [9.17, 15) is 9.59 Å². The quantitative estimate of drug-likeness (QED) is 0.530. The number of carbonyl (C=O) groups excluding carboxylic acids is 2. The van der Waals surface area contributed by atoms with Gasteiger partial charge in [0.05, 0.1) is 12.4 Å². The van der Waals surface area contributed by atoms with Crippen LogP contribution in [-0.4, -0.2) is 21.4 Å². The molecule has 0 aliphatic heterocycles. The van der Waals surface area contributed by atoms with Gasteiger partial charge in [-0.1, -0.05) is 0 Å². The number of carbonyl (C=O) groups is 2. The fourth-order valence-corrected chi connectivity index (χ4v) is 1.03. The van der Waals surface area contributed by atoms with E-state index in [1.807, 2.05) is 0 Å². The van der Waals surface area contributed by atoms with Crippen LogP contribution >= 0.6 is 0 Å². The zero-order valence-electron chi connectivity index (χ0n) is 7.54.